The standard InChI is InChI=1S/C21H22N4/c1-16-15-20(25-14-8-10-17-9-6-7-13-19(17)25)23-21(22-16)24(2)18-11-4-3-5-12-18/h3-7,9,11-13,15H,8,10,14H2,1-2H3. The number of anilines is 4. The zero-order chi connectivity index (χ0) is 17.2. The first-order valence-electron chi connectivity index (χ1n) is 8.72. The second-order valence-corrected chi connectivity index (χ2v) is 6.45. The normalized spacial score (nSPS) is 13.4. The SMILES string of the molecule is Cc1cc(N2CCCc3ccccc32)nc(N(C)c2ccccc2)n1. The highest BCUT2D eigenvalue weighted by molar-refractivity contribution is 5.67. The lowest BCUT2D eigenvalue weighted by Gasteiger charge is -2.31. The summed E-state index contributed by atoms with van der Waals surface area (Å²) >= 11 is 0. The smallest absolute Gasteiger partial charge is 0.231 e. The number of aryl methyl sites for hydroxylation is 2. The van der Waals surface area contributed by atoms with E-state index in [9.17, 15) is 0 Å². The Morgan fingerprint density at radius 2 is 1.72 bits per heavy atom. The molecule has 0 fully saturated rings. The zero-order valence-electron chi connectivity index (χ0n) is 14.7. The molecule has 4 heteroatoms. The summed E-state index contributed by atoms with van der Waals surface area (Å²) in [5.74, 6) is 1.70. The van der Waals surface area contributed by atoms with Crippen molar-refractivity contribution < 1.29 is 0 Å². The topological polar surface area (TPSA) is 32.3 Å². The van der Waals surface area contributed by atoms with Gasteiger partial charge in [0.25, 0.3) is 0 Å². The number of hydrogen-bond donors (Lipinski definition) is 0. The van der Waals surface area contributed by atoms with Gasteiger partial charge in [0.1, 0.15) is 5.82 Å². The van der Waals surface area contributed by atoms with Crippen LogP contribution in [0.3, 0.4) is 0 Å². The fourth-order valence-corrected chi connectivity index (χ4v) is 3.36. The summed E-state index contributed by atoms with van der Waals surface area (Å²) in [6.07, 6.45) is 2.28. The van der Waals surface area contributed by atoms with Crippen LogP contribution in [0.2, 0.25) is 0 Å². The molecule has 4 rings (SSSR count). The Morgan fingerprint density at radius 1 is 0.960 bits per heavy atom. The van der Waals surface area contributed by atoms with Crippen LogP contribution in [0.4, 0.5) is 23.1 Å². The monoisotopic (exact) mass is 330 g/mol. The predicted octanol–water partition coefficient (Wildman–Crippen LogP) is 4.64. The van der Waals surface area contributed by atoms with Gasteiger partial charge >= 0.3 is 0 Å². The largest absolute Gasteiger partial charge is 0.326 e. The van der Waals surface area contributed by atoms with Gasteiger partial charge < -0.3 is 9.80 Å². The molecule has 0 spiro atoms. The van der Waals surface area contributed by atoms with Gasteiger partial charge in [0, 0.05) is 36.7 Å². The fourth-order valence-electron chi connectivity index (χ4n) is 3.36. The molecular formula is C21H22N4. The molecule has 3 aromatic rings. The highest BCUT2D eigenvalue weighted by atomic mass is 15.3. The molecule has 1 aliphatic heterocycles. The van der Waals surface area contributed by atoms with E-state index in [2.05, 4.69) is 52.3 Å². The summed E-state index contributed by atoms with van der Waals surface area (Å²) in [7, 11) is 2.01. The van der Waals surface area contributed by atoms with E-state index >= 15 is 0 Å². The summed E-state index contributed by atoms with van der Waals surface area (Å²) in [4.78, 5) is 13.9. The molecule has 0 bridgehead atoms. The maximum atomic E-state index is 4.87. The molecule has 0 radical (unpaired) electrons. The first-order chi connectivity index (χ1) is 12.2. The van der Waals surface area contributed by atoms with Crippen LogP contribution < -0.4 is 9.80 Å². The minimum absolute atomic E-state index is 0.726. The van der Waals surface area contributed by atoms with Gasteiger partial charge in [-0.25, -0.2) is 4.98 Å². The van der Waals surface area contributed by atoms with E-state index in [4.69, 9.17) is 4.98 Å². The van der Waals surface area contributed by atoms with Crippen molar-refractivity contribution >= 4 is 23.1 Å². The number of benzene rings is 2. The number of hydrogen-bond acceptors (Lipinski definition) is 4. The lowest BCUT2D eigenvalue weighted by molar-refractivity contribution is 0.757. The van der Waals surface area contributed by atoms with Gasteiger partial charge in [-0.1, -0.05) is 36.4 Å². The first kappa shape index (κ1) is 15.6. The average Bonchev–Trinajstić information content (AvgIpc) is 2.67. The molecule has 1 aromatic heterocycles. The van der Waals surface area contributed by atoms with Crippen molar-refractivity contribution in [1.29, 1.82) is 0 Å². The van der Waals surface area contributed by atoms with Crippen LogP contribution in [0.15, 0.2) is 60.7 Å². The van der Waals surface area contributed by atoms with Gasteiger partial charge in [-0.3, -0.25) is 0 Å². The van der Waals surface area contributed by atoms with Crippen molar-refractivity contribution in [3.05, 3.63) is 71.9 Å². The van der Waals surface area contributed by atoms with Gasteiger partial charge in [0.05, 0.1) is 0 Å². The Labute approximate surface area is 148 Å². The van der Waals surface area contributed by atoms with E-state index in [0.29, 0.717) is 0 Å². The van der Waals surface area contributed by atoms with Gasteiger partial charge in [-0.2, -0.15) is 4.98 Å². The Bertz CT molecular complexity index is 876. The van der Waals surface area contributed by atoms with Crippen LogP contribution in [0.1, 0.15) is 17.7 Å². The molecule has 2 heterocycles. The van der Waals surface area contributed by atoms with E-state index < -0.39 is 0 Å². The van der Waals surface area contributed by atoms with E-state index in [0.717, 1.165) is 42.5 Å². The molecule has 0 aliphatic carbocycles. The minimum atomic E-state index is 0.726. The van der Waals surface area contributed by atoms with E-state index in [-0.39, 0.29) is 0 Å². The van der Waals surface area contributed by atoms with Gasteiger partial charge in [-0.05, 0) is 43.5 Å². The fraction of sp³-hybridized carbons (Fsp3) is 0.238. The van der Waals surface area contributed by atoms with Crippen LogP contribution in [-0.2, 0) is 6.42 Å². The summed E-state index contributed by atoms with van der Waals surface area (Å²) in [6.45, 7) is 3.02. The summed E-state index contributed by atoms with van der Waals surface area (Å²) in [5.41, 5.74) is 4.71. The van der Waals surface area contributed by atoms with E-state index in [1.807, 2.05) is 37.1 Å². The molecule has 0 atom stereocenters. The number of para-hydroxylation sites is 2. The molecule has 0 unspecified atom stereocenters. The number of aromatic nitrogens is 2. The summed E-state index contributed by atoms with van der Waals surface area (Å²) < 4.78 is 0. The van der Waals surface area contributed by atoms with Crippen LogP contribution in [0.5, 0.6) is 0 Å². The van der Waals surface area contributed by atoms with Gasteiger partial charge in [-0.15, -0.1) is 0 Å². The van der Waals surface area contributed by atoms with Crippen LogP contribution in [0.25, 0.3) is 0 Å². The maximum absolute atomic E-state index is 4.87. The Balaban J connectivity index is 1.74. The third-order valence-corrected chi connectivity index (χ3v) is 4.66. The molecule has 0 saturated heterocycles. The van der Waals surface area contributed by atoms with Crippen LogP contribution in [0, 0.1) is 6.92 Å². The molecule has 0 saturated carbocycles. The molecule has 0 amide bonds. The summed E-state index contributed by atoms with van der Waals surface area (Å²) in [5, 5.41) is 0. The summed E-state index contributed by atoms with van der Waals surface area (Å²) in [6, 6.07) is 20.9. The average molecular weight is 330 g/mol. The number of nitrogens with zero attached hydrogens (tertiary/aromatic N) is 4. The molecule has 126 valence electrons. The Morgan fingerprint density at radius 3 is 2.56 bits per heavy atom. The molecule has 2 aromatic carbocycles. The van der Waals surface area contributed by atoms with Crippen molar-refractivity contribution in [1.82, 2.24) is 9.97 Å². The zero-order valence-corrected chi connectivity index (χ0v) is 14.7. The highest BCUT2D eigenvalue weighted by Gasteiger charge is 2.20. The predicted molar refractivity (Wildman–Crippen MR) is 103 cm³/mol. The Hall–Kier alpha value is -2.88. The second-order valence-electron chi connectivity index (χ2n) is 6.45. The van der Waals surface area contributed by atoms with Crippen LogP contribution in [-0.4, -0.2) is 23.6 Å². The molecule has 4 nitrogen and oxygen atoms in total. The van der Waals surface area contributed by atoms with E-state index in [1.165, 1.54) is 11.3 Å². The maximum Gasteiger partial charge on any atom is 0.231 e. The molecule has 1 aliphatic rings. The second kappa shape index (κ2) is 6.55. The first-order valence-corrected chi connectivity index (χ1v) is 8.72. The van der Waals surface area contributed by atoms with Crippen molar-refractivity contribution in [3.8, 4) is 0 Å². The number of rotatable bonds is 3. The van der Waals surface area contributed by atoms with Gasteiger partial charge in [0.2, 0.25) is 5.95 Å². The van der Waals surface area contributed by atoms with Crippen molar-refractivity contribution in [2.75, 3.05) is 23.4 Å². The van der Waals surface area contributed by atoms with Crippen molar-refractivity contribution in [2.24, 2.45) is 0 Å². The lowest BCUT2D eigenvalue weighted by atomic mass is 10.0. The molecular weight excluding hydrogens is 308 g/mol. The highest BCUT2D eigenvalue weighted by Crippen LogP contribution is 2.33. The third-order valence-electron chi connectivity index (χ3n) is 4.66. The number of fused-ring (bicyclic) bond motifs is 1. The van der Waals surface area contributed by atoms with E-state index in [1.54, 1.807) is 0 Å². The van der Waals surface area contributed by atoms with Crippen LogP contribution >= 0.6 is 0 Å². The van der Waals surface area contributed by atoms with Crippen molar-refractivity contribution in [2.45, 2.75) is 19.8 Å². The Kier molecular flexibility index (Phi) is 4.10. The molecule has 25 heavy (non-hydrogen) atoms. The third kappa shape index (κ3) is 3.07. The quantitative estimate of drug-likeness (QED) is 0.700. The minimum Gasteiger partial charge on any atom is -0.326 e. The lowest BCUT2D eigenvalue weighted by Crippen LogP contribution is -2.26. The van der Waals surface area contributed by atoms with Crippen molar-refractivity contribution in [3.63, 3.8) is 0 Å². The molecule has 0 N–H and O–H groups in total. The van der Waals surface area contributed by atoms with Gasteiger partial charge in [0.15, 0.2) is 0 Å².